The summed E-state index contributed by atoms with van der Waals surface area (Å²) in [5.41, 5.74) is 4.58. The normalized spacial score (nSPS) is 16.9. The number of carbonyl (C=O) groups excluding carboxylic acids is 1. The Morgan fingerprint density at radius 2 is 1.63 bits per heavy atom. The van der Waals surface area contributed by atoms with Crippen LogP contribution in [0.5, 0.6) is 0 Å². The number of benzene rings is 3. The van der Waals surface area contributed by atoms with E-state index in [4.69, 9.17) is 4.98 Å². The van der Waals surface area contributed by atoms with Crippen LogP contribution in [0.1, 0.15) is 50.6 Å². The molecule has 2 aliphatic rings. The number of fused-ring (bicyclic) bond motifs is 1. The number of rotatable bonds is 7. The maximum Gasteiger partial charge on any atom is 0.262 e. The highest BCUT2D eigenvalue weighted by molar-refractivity contribution is 5.87. The second-order valence-corrected chi connectivity index (χ2v) is 10.7. The smallest absolute Gasteiger partial charge is 0.262 e. The maximum atomic E-state index is 14.0. The molecule has 194 valence electrons. The fraction of sp³-hybridized carbons (Fsp3) is 0.344. The number of nitrogens with zero attached hydrogens (tertiary/aromatic N) is 3. The lowest BCUT2D eigenvalue weighted by Gasteiger charge is -2.26. The summed E-state index contributed by atoms with van der Waals surface area (Å²) >= 11 is 0. The van der Waals surface area contributed by atoms with Gasteiger partial charge in [-0.15, -0.1) is 0 Å². The van der Waals surface area contributed by atoms with Crippen molar-refractivity contribution in [2.75, 3.05) is 13.1 Å². The van der Waals surface area contributed by atoms with Crippen LogP contribution in [0.25, 0.3) is 33.4 Å². The summed E-state index contributed by atoms with van der Waals surface area (Å²) in [6.07, 6.45) is 5.90. The first kappa shape index (κ1) is 24.6. The lowest BCUT2D eigenvalue weighted by Crippen LogP contribution is -2.38. The Balaban J connectivity index is 1.37. The van der Waals surface area contributed by atoms with E-state index in [0.717, 1.165) is 36.1 Å². The molecule has 1 aromatic heterocycles. The van der Waals surface area contributed by atoms with Crippen molar-refractivity contribution in [3.05, 3.63) is 88.7 Å². The van der Waals surface area contributed by atoms with E-state index in [9.17, 15) is 9.59 Å². The highest BCUT2D eigenvalue weighted by Crippen LogP contribution is 2.27. The third-order valence-corrected chi connectivity index (χ3v) is 7.76. The molecule has 1 unspecified atom stereocenters. The fourth-order valence-electron chi connectivity index (χ4n) is 5.37. The molecule has 1 N–H and O–H groups in total. The van der Waals surface area contributed by atoms with Crippen LogP contribution in [-0.2, 0) is 11.3 Å². The van der Waals surface area contributed by atoms with Crippen molar-refractivity contribution in [3.63, 3.8) is 0 Å². The fourth-order valence-corrected chi connectivity index (χ4v) is 5.37. The van der Waals surface area contributed by atoms with Gasteiger partial charge in [-0.1, -0.05) is 67.1 Å². The second-order valence-electron chi connectivity index (χ2n) is 10.7. The molecule has 6 rings (SSSR count). The van der Waals surface area contributed by atoms with Gasteiger partial charge >= 0.3 is 0 Å². The molecule has 1 aliphatic carbocycles. The van der Waals surface area contributed by atoms with E-state index < -0.39 is 6.04 Å². The molecule has 2 heterocycles. The summed E-state index contributed by atoms with van der Waals surface area (Å²) in [4.78, 5) is 34.4. The summed E-state index contributed by atoms with van der Waals surface area (Å²) in [6.45, 7) is 5.11. The Hall–Kier alpha value is -3.77. The molecule has 1 saturated carbocycles. The van der Waals surface area contributed by atoms with Crippen LogP contribution in [0.4, 0.5) is 0 Å². The lowest BCUT2D eigenvalue weighted by atomic mass is 10.0. The van der Waals surface area contributed by atoms with Crippen molar-refractivity contribution < 1.29 is 4.79 Å². The number of carbonyl (C=O) groups is 1. The standard InChI is InChI=1S/C32H34N4O2/c1-22(31(37)33-27-15-16-27)36-30(25-8-4-2-5-9-25)34-29-17-14-26(20-28(29)32(36)38)24-12-10-23(11-13-24)21-35-18-6-3-7-19-35/h2,4-5,8-14,17,20,22,27H,3,6-7,15-16,18-19,21H2,1H3,(H,33,37). The molecule has 1 aliphatic heterocycles. The molecule has 6 heteroatoms. The summed E-state index contributed by atoms with van der Waals surface area (Å²) in [5.74, 6) is 0.366. The van der Waals surface area contributed by atoms with Gasteiger partial charge < -0.3 is 5.32 Å². The summed E-state index contributed by atoms with van der Waals surface area (Å²) in [6, 6.07) is 23.7. The van der Waals surface area contributed by atoms with Gasteiger partial charge in [0.1, 0.15) is 11.9 Å². The van der Waals surface area contributed by atoms with Gasteiger partial charge in [-0.05, 0) is 74.5 Å². The quantitative estimate of drug-likeness (QED) is 0.357. The average molecular weight is 507 g/mol. The number of aromatic nitrogens is 2. The van der Waals surface area contributed by atoms with E-state index in [1.54, 1.807) is 11.5 Å². The Morgan fingerprint density at radius 1 is 0.921 bits per heavy atom. The molecular formula is C32H34N4O2. The lowest BCUT2D eigenvalue weighted by molar-refractivity contribution is -0.124. The van der Waals surface area contributed by atoms with Gasteiger partial charge in [-0.25, -0.2) is 4.98 Å². The maximum absolute atomic E-state index is 14.0. The van der Waals surface area contributed by atoms with Crippen molar-refractivity contribution in [3.8, 4) is 22.5 Å². The average Bonchev–Trinajstić information content (AvgIpc) is 3.78. The first-order chi connectivity index (χ1) is 18.6. The number of nitrogens with one attached hydrogen (secondary N) is 1. The van der Waals surface area contributed by atoms with Gasteiger partial charge in [0.15, 0.2) is 0 Å². The minimum Gasteiger partial charge on any atom is -0.352 e. The molecule has 3 aromatic carbocycles. The first-order valence-corrected chi connectivity index (χ1v) is 13.8. The molecule has 2 fully saturated rings. The molecular weight excluding hydrogens is 472 g/mol. The third-order valence-electron chi connectivity index (χ3n) is 7.76. The minimum absolute atomic E-state index is 0.145. The Morgan fingerprint density at radius 3 is 2.34 bits per heavy atom. The zero-order valence-electron chi connectivity index (χ0n) is 21.9. The minimum atomic E-state index is -0.673. The van der Waals surface area contributed by atoms with Gasteiger partial charge in [-0.3, -0.25) is 19.1 Å². The van der Waals surface area contributed by atoms with E-state index in [-0.39, 0.29) is 17.5 Å². The van der Waals surface area contributed by atoms with E-state index in [0.29, 0.717) is 16.7 Å². The van der Waals surface area contributed by atoms with Gasteiger partial charge in [0.05, 0.1) is 10.9 Å². The number of hydrogen-bond donors (Lipinski definition) is 1. The molecule has 0 bridgehead atoms. The predicted octanol–water partition coefficient (Wildman–Crippen LogP) is 5.56. The van der Waals surface area contributed by atoms with Crippen molar-refractivity contribution in [1.82, 2.24) is 19.8 Å². The van der Waals surface area contributed by atoms with Crippen molar-refractivity contribution >= 4 is 16.8 Å². The van der Waals surface area contributed by atoms with Crippen LogP contribution in [0.2, 0.25) is 0 Å². The predicted molar refractivity (Wildman–Crippen MR) is 152 cm³/mol. The topological polar surface area (TPSA) is 67.2 Å². The molecule has 1 atom stereocenters. The Labute approximate surface area is 223 Å². The van der Waals surface area contributed by atoms with Crippen LogP contribution in [-0.4, -0.2) is 39.5 Å². The second kappa shape index (κ2) is 10.5. The van der Waals surface area contributed by atoms with Gasteiger partial charge in [-0.2, -0.15) is 0 Å². The van der Waals surface area contributed by atoms with Crippen molar-refractivity contribution in [2.24, 2.45) is 0 Å². The molecule has 1 saturated heterocycles. The SMILES string of the molecule is CC(C(=O)NC1CC1)n1c(-c2ccccc2)nc2ccc(-c3ccc(CN4CCCCC4)cc3)cc2c1=O. The Kier molecular flexibility index (Phi) is 6.81. The summed E-state index contributed by atoms with van der Waals surface area (Å²) in [7, 11) is 0. The third kappa shape index (κ3) is 5.14. The van der Waals surface area contributed by atoms with E-state index >= 15 is 0 Å². The van der Waals surface area contributed by atoms with E-state index in [1.807, 2.05) is 48.5 Å². The largest absolute Gasteiger partial charge is 0.352 e. The zero-order valence-corrected chi connectivity index (χ0v) is 21.9. The molecule has 38 heavy (non-hydrogen) atoms. The highest BCUT2D eigenvalue weighted by Gasteiger charge is 2.28. The molecule has 0 spiro atoms. The summed E-state index contributed by atoms with van der Waals surface area (Å²) in [5, 5.41) is 3.57. The van der Waals surface area contributed by atoms with Gasteiger partial charge in [0, 0.05) is 18.2 Å². The van der Waals surface area contributed by atoms with Gasteiger partial charge in [0.25, 0.3) is 5.56 Å². The Bertz CT molecular complexity index is 1500. The highest BCUT2D eigenvalue weighted by atomic mass is 16.2. The van der Waals surface area contributed by atoms with Crippen LogP contribution < -0.4 is 10.9 Å². The van der Waals surface area contributed by atoms with Crippen molar-refractivity contribution in [2.45, 2.75) is 57.7 Å². The van der Waals surface area contributed by atoms with Crippen molar-refractivity contribution in [1.29, 1.82) is 0 Å². The summed E-state index contributed by atoms with van der Waals surface area (Å²) < 4.78 is 1.56. The molecule has 0 radical (unpaired) electrons. The zero-order chi connectivity index (χ0) is 26.1. The first-order valence-electron chi connectivity index (χ1n) is 13.8. The molecule has 6 nitrogen and oxygen atoms in total. The number of piperidine rings is 1. The van der Waals surface area contributed by atoms with Crippen LogP contribution in [0.3, 0.4) is 0 Å². The number of hydrogen-bond acceptors (Lipinski definition) is 4. The van der Waals surface area contributed by atoms with Crippen LogP contribution in [0.15, 0.2) is 77.6 Å². The monoisotopic (exact) mass is 506 g/mol. The van der Waals surface area contributed by atoms with Gasteiger partial charge in [0.2, 0.25) is 5.91 Å². The van der Waals surface area contributed by atoms with E-state index in [1.165, 1.54) is 37.9 Å². The van der Waals surface area contributed by atoms with E-state index in [2.05, 4.69) is 34.5 Å². The number of likely N-dealkylation sites (tertiary alicyclic amines) is 1. The molecule has 1 amide bonds. The van der Waals surface area contributed by atoms with Crippen LogP contribution in [0, 0.1) is 0 Å². The molecule has 4 aromatic rings. The van der Waals surface area contributed by atoms with Crippen LogP contribution >= 0.6 is 0 Å². The number of amides is 1.